The normalized spacial score (nSPS) is 19.4. The van der Waals surface area contributed by atoms with Gasteiger partial charge in [0.05, 0.1) is 16.7 Å². The molecule has 0 unspecified atom stereocenters. The standard InChI is InChI=1S/C42H37N/c1-39(2)28-16-11-9-14-22(28)24-20-26-27-21-25-23-15-10-12-17-29(23)40(3,4)33(25)35-37(27)43-36(26)34(32(24)39)41(5,6)30-18-13-19-31(38(30)43)42(35,7)8/h9-21H,1-8H3. The first-order chi connectivity index (χ1) is 20.4. The van der Waals surface area contributed by atoms with E-state index in [0.29, 0.717) is 0 Å². The van der Waals surface area contributed by atoms with Gasteiger partial charge < -0.3 is 4.57 Å². The van der Waals surface area contributed by atoms with Crippen LogP contribution in [-0.4, -0.2) is 4.57 Å². The highest BCUT2D eigenvalue weighted by Gasteiger charge is 2.51. The lowest BCUT2D eigenvalue weighted by Gasteiger charge is -2.45. The van der Waals surface area contributed by atoms with E-state index < -0.39 is 0 Å². The van der Waals surface area contributed by atoms with Crippen LogP contribution in [0.25, 0.3) is 49.7 Å². The van der Waals surface area contributed by atoms with Crippen molar-refractivity contribution >= 4 is 21.8 Å². The van der Waals surface area contributed by atoms with Crippen molar-refractivity contribution in [1.29, 1.82) is 0 Å². The largest absolute Gasteiger partial charge is 0.308 e. The van der Waals surface area contributed by atoms with Gasteiger partial charge in [-0.2, -0.15) is 0 Å². The molecule has 3 heterocycles. The molecule has 0 saturated carbocycles. The summed E-state index contributed by atoms with van der Waals surface area (Å²) in [6.45, 7) is 19.7. The summed E-state index contributed by atoms with van der Waals surface area (Å²) >= 11 is 0. The molecule has 0 bridgehead atoms. The third kappa shape index (κ3) is 2.36. The minimum absolute atomic E-state index is 0.0714. The zero-order valence-electron chi connectivity index (χ0n) is 26.5. The first-order valence-electron chi connectivity index (χ1n) is 16.0. The van der Waals surface area contributed by atoms with E-state index in [1.54, 1.807) is 0 Å². The van der Waals surface area contributed by atoms with E-state index in [4.69, 9.17) is 0 Å². The van der Waals surface area contributed by atoms with Crippen LogP contribution in [0.15, 0.2) is 78.9 Å². The molecule has 2 aliphatic carbocycles. The summed E-state index contributed by atoms with van der Waals surface area (Å²) in [4.78, 5) is 0. The van der Waals surface area contributed by atoms with Crippen LogP contribution in [0.4, 0.5) is 0 Å². The van der Waals surface area contributed by atoms with E-state index in [1.165, 1.54) is 94.3 Å². The minimum atomic E-state index is -0.138. The second kappa shape index (κ2) is 6.83. The highest BCUT2D eigenvalue weighted by molar-refractivity contribution is 6.18. The number of nitrogens with zero attached hydrogens (tertiary/aromatic N) is 1. The molecule has 1 nitrogen and oxygen atoms in total. The Kier molecular flexibility index (Phi) is 3.87. The zero-order valence-corrected chi connectivity index (χ0v) is 26.5. The number of hydrogen-bond donors (Lipinski definition) is 0. The lowest BCUT2D eigenvalue weighted by atomic mass is 9.64. The molecule has 43 heavy (non-hydrogen) atoms. The predicted molar refractivity (Wildman–Crippen MR) is 180 cm³/mol. The summed E-state index contributed by atoms with van der Waals surface area (Å²) in [7, 11) is 0. The molecule has 2 aliphatic heterocycles. The molecule has 0 saturated heterocycles. The van der Waals surface area contributed by atoms with Gasteiger partial charge in [-0.15, -0.1) is 0 Å². The van der Waals surface area contributed by atoms with E-state index in [0.717, 1.165) is 0 Å². The van der Waals surface area contributed by atoms with Gasteiger partial charge in [0.15, 0.2) is 0 Å². The Morgan fingerprint density at radius 3 is 1.21 bits per heavy atom. The molecule has 0 fully saturated rings. The summed E-state index contributed by atoms with van der Waals surface area (Å²) in [6, 6.07) is 30.6. The molecular formula is C42H37N. The summed E-state index contributed by atoms with van der Waals surface area (Å²) in [6.07, 6.45) is 0. The van der Waals surface area contributed by atoms with Crippen LogP contribution in [0, 0.1) is 0 Å². The second-order valence-corrected chi connectivity index (χ2v) is 15.8. The maximum atomic E-state index is 2.73. The first-order valence-corrected chi connectivity index (χ1v) is 16.0. The van der Waals surface area contributed by atoms with Crippen LogP contribution in [0.5, 0.6) is 0 Å². The fraction of sp³-hybridized carbons (Fsp3) is 0.286. The Morgan fingerprint density at radius 2 is 0.767 bits per heavy atom. The molecular weight excluding hydrogens is 518 g/mol. The van der Waals surface area contributed by atoms with Crippen molar-refractivity contribution in [2.75, 3.05) is 0 Å². The van der Waals surface area contributed by atoms with Crippen LogP contribution in [0.1, 0.15) is 99.9 Å². The zero-order chi connectivity index (χ0) is 29.6. The molecule has 0 N–H and O–H groups in total. The Hall–Kier alpha value is -4.10. The van der Waals surface area contributed by atoms with Crippen molar-refractivity contribution in [3.05, 3.63) is 123 Å². The van der Waals surface area contributed by atoms with Crippen molar-refractivity contribution in [3.8, 4) is 27.9 Å². The smallest absolute Gasteiger partial charge is 0.0585 e. The number of para-hydroxylation sites is 1. The van der Waals surface area contributed by atoms with E-state index in [1.807, 2.05) is 0 Å². The van der Waals surface area contributed by atoms with Crippen LogP contribution < -0.4 is 0 Å². The van der Waals surface area contributed by atoms with Gasteiger partial charge in [0.1, 0.15) is 0 Å². The van der Waals surface area contributed by atoms with E-state index in [2.05, 4.69) is 139 Å². The highest BCUT2D eigenvalue weighted by atomic mass is 15.0. The van der Waals surface area contributed by atoms with Crippen molar-refractivity contribution in [1.82, 2.24) is 4.57 Å². The highest BCUT2D eigenvalue weighted by Crippen LogP contribution is 2.64. The van der Waals surface area contributed by atoms with Gasteiger partial charge >= 0.3 is 0 Å². The summed E-state index contributed by atoms with van der Waals surface area (Å²) in [5.74, 6) is 0. The van der Waals surface area contributed by atoms with Gasteiger partial charge in [0.25, 0.3) is 0 Å². The van der Waals surface area contributed by atoms with Crippen LogP contribution in [0.2, 0.25) is 0 Å². The SMILES string of the molecule is CC1(C)c2ccccc2-c2cc3c4cc5c(c6c4n4c3c(c21)C(C)(C)c1cccc(c1-4)C6(C)C)C(C)(C)c1ccccc1-5. The van der Waals surface area contributed by atoms with E-state index >= 15 is 0 Å². The lowest BCUT2D eigenvalue weighted by Crippen LogP contribution is -2.36. The van der Waals surface area contributed by atoms with Gasteiger partial charge in [0.2, 0.25) is 0 Å². The molecule has 1 heteroatoms. The summed E-state index contributed by atoms with van der Waals surface area (Å²) < 4.78 is 2.73. The molecule has 0 atom stereocenters. The van der Waals surface area contributed by atoms with Gasteiger partial charge in [-0.05, 0) is 78.9 Å². The summed E-state index contributed by atoms with van der Waals surface area (Å²) in [5.41, 5.74) is 21.4. The Morgan fingerprint density at radius 1 is 0.395 bits per heavy atom. The molecule has 0 radical (unpaired) electrons. The van der Waals surface area contributed by atoms with Crippen LogP contribution in [-0.2, 0) is 21.7 Å². The molecule has 1 aromatic heterocycles. The summed E-state index contributed by atoms with van der Waals surface area (Å²) in [5, 5.41) is 2.82. The topological polar surface area (TPSA) is 4.93 Å². The monoisotopic (exact) mass is 555 g/mol. The average molecular weight is 556 g/mol. The number of rotatable bonds is 0. The lowest BCUT2D eigenvalue weighted by molar-refractivity contribution is 0.559. The second-order valence-electron chi connectivity index (χ2n) is 15.8. The van der Waals surface area contributed by atoms with Gasteiger partial charge in [-0.3, -0.25) is 0 Å². The van der Waals surface area contributed by atoms with Crippen molar-refractivity contribution < 1.29 is 0 Å². The van der Waals surface area contributed by atoms with Gasteiger partial charge in [-0.1, -0.05) is 122 Å². The number of benzene rings is 5. The third-order valence-electron chi connectivity index (χ3n) is 12.2. The van der Waals surface area contributed by atoms with E-state index in [9.17, 15) is 0 Å². The van der Waals surface area contributed by atoms with Crippen molar-refractivity contribution in [3.63, 3.8) is 0 Å². The molecule has 0 amide bonds. The fourth-order valence-corrected chi connectivity index (χ4v) is 10.4. The first kappa shape index (κ1) is 24.4. The maximum absolute atomic E-state index is 2.73. The molecule has 10 rings (SSSR count). The minimum Gasteiger partial charge on any atom is -0.308 e. The third-order valence-corrected chi connectivity index (χ3v) is 12.2. The van der Waals surface area contributed by atoms with Gasteiger partial charge in [-0.25, -0.2) is 0 Å². The Bertz CT molecular complexity index is 2170. The molecule has 6 aromatic rings. The molecule has 4 aliphatic rings. The fourth-order valence-electron chi connectivity index (χ4n) is 10.4. The number of hydrogen-bond acceptors (Lipinski definition) is 0. The number of fused-ring (bicyclic) bond motifs is 9. The average Bonchev–Trinajstić information content (AvgIpc) is 3.51. The van der Waals surface area contributed by atoms with Crippen molar-refractivity contribution in [2.24, 2.45) is 0 Å². The molecule has 5 aromatic carbocycles. The molecule has 0 spiro atoms. The molecule has 210 valence electrons. The predicted octanol–water partition coefficient (Wildman–Crippen LogP) is 10.7. The Labute approximate surface area is 254 Å². The van der Waals surface area contributed by atoms with Crippen LogP contribution in [0.3, 0.4) is 0 Å². The van der Waals surface area contributed by atoms with Crippen molar-refractivity contribution in [2.45, 2.75) is 77.0 Å². The van der Waals surface area contributed by atoms with E-state index in [-0.39, 0.29) is 21.7 Å². The van der Waals surface area contributed by atoms with Crippen LogP contribution >= 0.6 is 0 Å². The van der Waals surface area contributed by atoms with Gasteiger partial charge in [0, 0.05) is 32.4 Å². The Balaban J connectivity index is 1.53. The quantitative estimate of drug-likeness (QED) is 0.176. The number of aromatic nitrogens is 1. The maximum Gasteiger partial charge on any atom is 0.0585 e.